The highest BCUT2D eigenvalue weighted by atomic mass is 16.5. The Morgan fingerprint density at radius 1 is 1.33 bits per heavy atom. The first-order valence-electron chi connectivity index (χ1n) is 6.13. The van der Waals surface area contributed by atoms with E-state index < -0.39 is 0 Å². The fourth-order valence-corrected chi connectivity index (χ4v) is 2.72. The third-order valence-electron chi connectivity index (χ3n) is 3.55. The molecule has 0 aromatic carbocycles. The fraction of sp³-hybridized carbons (Fsp3) is 0.917. The van der Waals surface area contributed by atoms with Gasteiger partial charge in [-0.2, -0.15) is 0 Å². The number of rotatable bonds is 3. The lowest BCUT2D eigenvalue weighted by atomic mass is 9.98. The molecule has 0 amide bonds. The molecule has 2 atom stereocenters. The van der Waals surface area contributed by atoms with Gasteiger partial charge in [-0.15, -0.1) is 0 Å². The fourth-order valence-electron chi connectivity index (χ4n) is 2.72. The Balaban J connectivity index is 1.89. The quantitative estimate of drug-likeness (QED) is 0.710. The number of hydrogen-bond donors (Lipinski definition) is 0. The first-order chi connectivity index (χ1) is 7.27. The molecule has 2 fully saturated rings. The molecule has 0 bridgehead atoms. The Labute approximate surface area is 91.8 Å². The molecule has 0 aromatic rings. The van der Waals surface area contributed by atoms with Crippen molar-refractivity contribution in [3.8, 4) is 0 Å². The smallest absolute Gasteiger partial charge is 0.146 e. The molecule has 2 aliphatic heterocycles. The third kappa shape index (κ3) is 2.79. The summed E-state index contributed by atoms with van der Waals surface area (Å²) in [7, 11) is 0. The van der Waals surface area contributed by atoms with Gasteiger partial charge in [0.05, 0.1) is 12.1 Å². The van der Waals surface area contributed by atoms with Crippen LogP contribution >= 0.6 is 0 Å². The van der Waals surface area contributed by atoms with E-state index in [-0.39, 0.29) is 6.04 Å². The van der Waals surface area contributed by atoms with Crippen molar-refractivity contribution in [3.05, 3.63) is 0 Å². The largest absolute Gasteiger partial charge is 0.377 e. The van der Waals surface area contributed by atoms with Crippen molar-refractivity contribution in [2.24, 2.45) is 0 Å². The molecule has 2 heterocycles. The zero-order valence-corrected chi connectivity index (χ0v) is 9.58. The zero-order valence-electron chi connectivity index (χ0n) is 9.58. The van der Waals surface area contributed by atoms with Crippen LogP contribution in [0.1, 0.15) is 39.0 Å². The molecule has 2 saturated heterocycles. The van der Waals surface area contributed by atoms with Gasteiger partial charge in [-0.1, -0.05) is 6.42 Å². The molecule has 15 heavy (non-hydrogen) atoms. The number of ether oxygens (including phenoxy) is 1. The van der Waals surface area contributed by atoms with Gasteiger partial charge in [-0.05, 0) is 39.2 Å². The number of piperidine rings is 1. The number of hydrogen-bond acceptors (Lipinski definition) is 3. The summed E-state index contributed by atoms with van der Waals surface area (Å²) in [6.07, 6.45) is 6.21. The molecule has 2 rings (SSSR count). The predicted molar refractivity (Wildman–Crippen MR) is 58.9 cm³/mol. The highest BCUT2D eigenvalue weighted by Crippen LogP contribution is 2.21. The van der Waals surface area contributed by atoms with Gasteiger partial charge < -0.3 is 4.74 Å². The van der Waals surface area contributed by atoms with Crippen LogP contribution in [0.15, 0.2) is 0 Å². The topological polar surface area (TPSA) is 29.5 Å². The molecule has 0 N–H and O–H groups in total. The van der Waals surface area contributed by atoms with Gasteiger partial charge in [0.25, 0.3) is 0 Å². The van der Waals surface area contributed by atoms with Crippen LogP contribution in [-0.2, 0) is 9.53 Å². The maximum Gasteiger partial charge on any atom is 0.146 e. The maximum absolute atomic E-state index is 11.5. The molecule has 2 aliphatic rings. The third-order valence-corrected chi connectivity index (χ3v) is 3.55. The first kappa shape index (κ1) is 11.1. The average Bonchev–Trinajstić information content (AvgIpc) is 2.71. The lowest BCUT2D eigenvalue weighted by Gasteiger charge is -2.35. The van der Waals surface area contributed by atoms with Crippen LogP contribution < -0.4 is 0 Å². The van der Waals surface area contributed by atoms with Crippen LogP contribution in [0.3, 0.4) is 0 Å². The summed E-state index contributed by atoms with van der Waals surface area (Å²) in [5.74, 6) is 0.327. The van der Waals surface area contributed by atoms with E-state index in [2.05, 4.69) is 4.90 Å². The zero-order chi connectivity index (χ0) is 10.7. The Morgan fingerprint density at radius 3 is 2.87 bits per heavy atom. The molecule has 86 valence electrons. The van der Waals surface area contributed by atoms with Crippen LogP contribution in [0.5, 0.6) is 0 Å². The van der Waals surface area contributed by atoms with Crippen LogP contribution in [0.2, 0.25) is 0 Å². The second-order valence-electron chi connectivity index (χ2n) is 4.75. The molecular formula is C12H21NO2. The lowest BCUT2D eigenvalue weighted by molar-refractivity contribution is -0.124. The summed E-state index contributed by atoms with van der Waals surface area (Å²) in [6.45, 7) is 4.66. The number of nitrogens with zero attached hydrogens (tertiary/aromatic N) is 1. The first-order valence-corrected chi connectivity index (χ1v) is 6.13. The molecule has 0 saturated carbocycles. The normalized spacial score (nSPS) is 33.1. The van der Waals surface area contributed by atoms with E-state index >= 15 is 0 Å². The van der Waals surface area contributed by atoms with Crippen LogP contribution in [0, 0.1) is 0 Å². The van der Waals surface area contributed by atoms with Gasteiger partial charge in [-0.25, -0.2) is 0 Å². The lowest BCUT2D eigenvalue weighted by Crippen LogP contribution is -2.46. The van der Waals surface area contributed by atoms with Gasteiger partial charge in [0.15, 0.2) is 0 Å². The van der Waals surface area contributed by atoms with Gasteiger partial charge in [0.1, 0.15) is 5.78 Å². The summed E-state index contributed by atoms with van der Waals surface area (Å²) in [5, 5.41) is 0. The Hall–Kier alpha value is -0.410. The second kappa shape index (κ2) is 5.08. The van der Waals surface area contributed by atoms with E-state index in [9.17, 15) is 4.79 Å². The van der Waals surface area contributed by atoms with Crippen molar-refractivity contribution in [3.63, 3.8) is 0 Å². The van der Waals surface area contributed by atoms with E-state index in [0.717, 1.165) is 26.1 Å². The summed E-state index contributed by atoms with van der Waals surface area (Å²) < 4.78 is 5.63. The maximum atomic E-state index is 11.5. The Bertz CT molecular complexity index is 224. The van der Waals surface area contributed by atoms with E-state index in [1.54, 1.807) is 6.92 Å². The van der Waals surface area contributed by atoms with E-state index in [4.69, 9.17) is 4.74 Å². The van der Waals surface area contributed by atoms with Gasteiger partial charge >= 0.3 is 0 Å². The molecule has 3 nitrogen and oxygen atoms in total. The molecule has 3 heteroatoms. The number of likely N-dealkylation sites (tertiary alicyclic amines) is 1. The Morgan fingerprint density at radius 2 is 2.20 bits per heavy atom. The van der Waals surface area contributed by atoms with Crippen LogP contribution in [-0.4, -0.2) is 42.5 Å². The highest BCUT2D eigenvalue weighted by Gasteiger charge is 2.29. The van der Waals surface area contributed by atoms with Crippen LogP contribution in [0.4, 0.5) is 0 Å². The molecule has 0 aromatic heterocycles. The Kier molecular flexibility index (Phi) is 3.76. The SMILES string of the molecule is CC(=O)C1CCCCN1CC1CCCO1. The van der Waals surface area contributed by atoms with Crippen molar-refractivity contribution < 1.29 is 9.53 Å². The molecular weight excluding hydrogens is 190 g/mol. The van der Waals surface area contributed by atoms with Gasteiger partial charge in [0.2, 0.25) is 0 Å². The summed E-state index contributed by atoms with van der Waals surface area (Å²) in [5.41, 5.74) is 0. The number of carbonyl (C=O) groups excluding carboxylic acids is 1. The molecule has 0 radical (unpaired) electrons. The van der Waals surface area contributed by atoms with E-state index in [1.165, 1.54) is 25.7 Å². The van der Waals surface area contributed by atoms with Crippen molar-refractivity contribution >= 4 is 5.78 Å². The minimum absolute atomic E-state index is 0.169. The van der Waals surface area contributed by atoms with Crippen molar-refractivity contribution in [2.45, 2.75) is 51.2 Å². The van der Waals surface area contributed by atoms with E-state index in [1.807, 2.05) is 0 Å². The number of Topliss-reactive ketones (excluding diaryl/α,β-unsaturated/α-hetero) is 1. The molecule has 0 spiro atoms. The van der Waals surface area contributed by atoms with Gasteiger partial charge in [0, 0.05) is 13.2 Å². The van der Waals surface area contributed by atoms with Gasteiger partial charge in [-0.3, -0.25) is 9.69 Å². The number of carbonyl (C=O) groups is 1. The molecule has 2 unspecified atom stereocenters. The van der Waals surface area contributed by atoms with Crippen molar-refractivity contribution in [2.75, 3.05) is 19.7 Å². The standard InChI is InChI=1S/C12H21NO2/c1-10(14)12-6-2-3-7-13(12)9-11-5-4-8-15-11/h11-12H,2-9H2,1H3. The minimum Gasteiger partial charge on any atom is -0.377 e. The summed E-state index contributed by atoms with van der Waals surface area (Å²) in [6, 6.07) is 0.169. The van der Waals surface area contributed by atoms with Crippen LogP contribution in [0.25, 0.3) is 0 Å². The predicted octanol–water partition coefficient (Wildman–Crippen LogP) is 1.61. The summed E-state index contributed by atoms with van der Waals surface area (Å²) >= 11 is 0. The average molecular weight is 211 g/mol. The van der Waals surface area contributed by atoms with Crippen molar-refractivity contribution in [1.29, 1.82) is 0 Å². The highest BCUT2D eigenvalue weighted by molar-refractivity contribution is 5.81. The monoisotopic (exact) mass is 211 g/mol. The molecule has 0 aliphatic carbocycles. The number of ketones is 1. The van der Waals surface area contributed by atoms with E-state index in [0.29, 0.717) is 11.9 Å². The second-order valence-corrected chi connectivity index (χ2v) is 4.75. The van der Waals surface area contributed by atoms with Crippen molar-refractivity contribution in [1.82, 2.24) is 4.90 Å². The summed E-state index contributed by atoms with van der Waals surface area (Å²) in [4.78, 5) is 13.8. The minimum atomic E-state index is 0.169.